The molecule has 116 valence electrons. The van der Waals surface area contributed by atoms with E-state index in [1.165, 1.54) is 11.3 Å². The third-order valence-electron chi connectivity index (χ3n) is 3.31. The third kappa shape index (κ3) is 2.38. The maximum absolute atomic E-state index is 11.9. The van der Waals surface area contributed by atoms with Gasteiger partial charge >= 0.3 is 5.69 Å². The molecule has 0 saturated carbocycles. The van der Waals surface area contributed by atoms with E-state index in [1.54, 1.807) is 12.1 Å². The Kier molecular flexibility index (Phi) is 3.45. The topological polar surface area (TPSA) is 114 Å². The molecule has 0 amide bonds. The predicted octanol–water partition coefficient (Wildman–Crippen LogP) is 3.49. The number of nitro groups is 1. The summed E-state index contributed by atoms with van der Waals surface area (Å²) in [6, 6.07) is 8.36. The second kappa shape index (κ2) is 5.33. The normalized spacial score (nSPS) is 10.8. The molecule has 2 N–H and O–H groups in total. The molecule has 7 nitrogen and oxygen atoms in total. The van der Waals surface area contributed by atoms with Crippen molar-refractivity contribution in [2.24, 2.45) is 0 Å². The van der Waals surface area contributed by atoms with Crippen LogP contribution in [0.25, 0.3) is 20.8 Å². The van der Waals surface area contributed by atoms with Crippen LogP contribution >= 0.6 is 11.3 Å². The molecule has 0 aliphatic rings. The first-order chi connectivity index (χ1) is 10.9. The SMILES string of the molecule is CC(=O)c1c(-c2nc3ccccc3s2)cc(O)c(O)c1[N+](=O)[O-]. The summed E-state index contributed by atoms with van der Waals surface area (Å²) in [5.74, 6) is -2.19. The van der Waals surface area contributed by atoms with Crippen molar-refractivity contribution in [1.82, 2.24) is 4.98 Å². The monoisotopic (exact) mass is 330 g/mol. The van der Waals surface area contributed by atoms with Gasteiger partial charge in [0.05, 0.1) is 15.1 Å². The average Bonchev–Trinajstić information content (AvgIpc) is 2.92. The lowest BCUT2D eigenvalue weighted by Crippen LogP contribution is -2.03. The van der Waals surface area contributed by atoms with Crippen LogP contribution in [0.1, 0.15) is 17.3 Å². The molecule has 8 heteroatoms. The van der Waals surface area contributed by atoms with Gasteiger partial charge in [-0.2, -0.15) is 0 Å². The van der Waals surface area contributed by atoms with Gasteiger partial charge in [0.1, 0.15) is 10.6 Å². The Labute approximate surface area is 133 Å². The Morgan fingerprint density at radius 2 is 2.00 bits per heavy atom. The van der Waals surface area contributed by atoms with Crippen LogP contribution in [0.3, 0.4) is 0 Å². The summed E-state index contributed by atoms with van der Waals surface area (Å²) in [4.78, 5) is 26.6. The van der Waals surface area contributed by atoms with E-state index >= 15 is 0 Å². The van der Waals surface area contributed by atoms with E-state index in [4.69, 9.17) is 0 Å². The standard InChI is InChI=1S/C15H10N2O5S/c1-7(18)12-8(6-10(19)14(20)13(12)17(21)22)15-16-9-4-2-3-5-11(9)23-15/h2-6,19-20H,1H3. The number of Topliss-reactive ketones (excluding diaryl/α,β-unsaturated/α-hetero) is 1. The molecule has 0 fully saturated rings. The Morgan fingerprint density at radius 3 is 2.61 bits per heavy atom. The number of hydrogen-bond acceptors (Lipinski definition) is 7. The third-order valence-corrected chi connectivity index (χ3v) is 4.38. The molecule has 0 bridgehead atoms. The van der Waals surface area contributed by atoms with Crippen LogP contribution in [0.2, 0.25) is 0 Å². The van der Waals surface area contributed by atoms with Crippen molar-refractivity contribution in [3.63, 3.8) is 0 Å². The Morgan fingerprint density at radius 1 is 1.30 bits per heavy atom. The number of aromatic nitrogens is 1. The summed E-state index contributed by atoms with van der Waals surface area (Å²) in [5.41, 5.74) is -0.283. The van der Waals surface area contributed by atoms with Crippen LogP contribution in [0.15, 0.2) is 30.3 Å². The van der Waals surface area contributed by atoms with Crippen molar-refractivity contribution in [2.45, 2.75) is 6.92 Å². The van der Waals surface area contributed by atoms with E-state index in [0.717, 1.165) is 17.7 Å². The first-order valence-electron chi connectivity index (χ1n) is 6.50. The molecule has 0 atom stereocenters. The Hall–Kier alpha value is -3.00. The van der Waals surface area contributed by atoms with Crippen molar-refractivity contribution >= 4 is 33.0 Å². The maximum atomic E-state index is 11.9. The fraction of sp³-hybridized carbons (Fsp3) is 0.0667. The first kappa shape index (κ1) is 14.9. The van der Waals surface area contributed by atoms with Gasteiger partial charge in [0.15, 0.2) is 11.5 Å². The highest BCUT2D eigenvalue weighted by atomic mass is 32.1. The summed E-state index contributed by atoms with van der Waals surface area (Å²) in [6.07, 6.45) is 0. The van der Waals surface area contributed by atoms with Crippen LogP contribution in [0.5, 0.6) is 11.5 Å². The largest absolute Gasteiger partial charge is 0.504 e. The van der Waals surface area contributed by atoms with E-state index in [0.29, 0.717) is 10.5 Å². The second-order valence-corrected chi connectivity index (χ2v) is 5.85. The number of rotatable bonds is 3. The molecule has 3 rings (SSSR count). The molecule has 0 spiro atoms. The minimum Gasteiger partial charge on any atom is -0.504 e. The number of carbonyl (C=O) groups excluding carboxylic acids is 1. The van der Waals surface area contributed by atoms with Gasteiger partial charge in [-0.15, -0.1) is 11.3 Å². The molecule has 23 heavy (non-hydrogen) atoms. The number of para-hydroxylation sites is 1. The quantitative estimate of drug-likeness (QED) is 0.329. The molecule has 2 aromatic carbocycles. The Balaban J connectivity index is 2.38. The number of phenolic OH excluding ortho intramolecular Hbond substituents is 2. The fourth-order valence-corrected chi connectivity index (χ4v) is 3.32. The van der Waals surface area contributed by atoms with E-state index < -0.39 is 27.9 Å². The maximum Gasteiger partial charge on any atom is 0.326 e. The van der Waals surface area contributed by atoms with Crippen LogP contribution in [-0.2, 0) is 0 Å². The van der Waals surface area contributed by atoms with Gasteiger partial charge in [0.25, 0.3) is 0 Å². The zero-order valence-electron chi connectivity index (χ0n) is 11.8. The number of ketones is 1. The van der Waals surface area contributed by atoms with E-state index in [9.17, 15) is 25.1 Å². The van der Waals surface area contributed by atoms with Crippen molar-refractivity contribution in [3.05, 3.63) is 46.0 Å². The van der Waals surface area contributed by atoms with E-state index in [-0.39, 0.29) is 11.1 Å². The highest BCUT2D eigenvalue weighted by Gasteiger charge is 2.31. The van der Waals surface area contributed by atoms with E-state index in [1.807, 2.05) is 12.1 Å². The number of nitrogens with zero attached hydrogens (tertiary/aromatic N) is 2. The molecule has 0 aliphatic heterocycles. The van der Waals surface area contributed by atoms with Crippen molar-refractivity contribution in [2.75, 3.05) is 0 Å². The number of thiazole rings is 1. The van der Waals surface area contributed by atoms with Crippen molar-refractivity contribution < 1.29 is 19.9 Å². The molecule has 3 aromatic rings. The van der Waals surface area contributed by atoms with Crippen LogP contribution < -0.4 is 0 Å². The number of aromatic hydroxyl groups is 2. The summed E-state index contributed by atoms with van der Waals surface area (Å²) < 4.78 is 0.840. The fourth-order valence-electron chi connectivity index (χ4n) is 2.33. The van der Waals surface area contributed by atoms with Gasteiger partial charge in [-0.3, -0.25) is 14.9 Å². The first-order valence-corrected chi connectivity index (χ1v) is 7.32. The lowest BCUT2D eigenvalue weighted by atomic mass is 10.0. The Bertz CT molecular complexity index is 931. The zero-order chi connectivity index (χ0) is 16.7. The van der Waals surface area contributed by atoms with Gasteiger partial charge in [0, 0.05) is 5.56 Å². The molecule has 0 aliphatic carbocycles. The molecule has 0 saturated heterocycles. The number of hydrogen-bond donors (Lipinski definition) is 2. The number of nitro benzene ring substituents is 1. The molecule has 1 aromatic heterocycles. The zero-order valence-corrected chi connectivity index (χ0v) is 12.6. The smallest absolute Gasteiger partial charge is 0.326 e. The number of fused-ring (bicyclic) bond motifs is 1. The van der Waals surface area contributed by atoms with Gasteiger partial charge in [-0.1, -0.05) is 12.1 Å². The highest BCUT2D eigenvalue weighted by molar-refractivity contribution is 7.21. The van der Waals surface area contributed by atoms with Gasteiger partial charge < -0.3 is 10.2 Å². The number of benzene rings is 2. The summed E-state index contributed by atoms with van der Waals surface area (Å²) in [7, 11) is 0. The van der Waals surface area contributed by atoms with Crippen LogP contribution in [-0.4, -0.2) is 25.9 Å². The lowest BCUT2D eigenvalue weighted by Gasteiger charge is -2.08. The summed E-state index contributed by atoms with van der Waals surface area (Å²) in [6.45, 7) is 1.16. The molecule has 0 radical (unpaired) electrons. The number of phenols is 2. The highest BCUT2D eigenvalue weighted by Crippen LogP contribution is 2.45. The van der Waals surface area contributed by atoms with Crippen molar-refractivity contribution in [1.29, 1.82) is 0 Å². The van der Waals surface area contributed by atoms with Crippen LogP contribution in [0, 0.1) is 10.1 Å². The summed E-state index contributed by atoms with van der Waals surface area (Å²) in [5, 5.41) is 31.1. The van der Waals surface area contributed by atoms with Crippen molar-refractivity contribution in [3.8, 4) is 22.1 Å². The van der Waals surface area contributed by atoms with Gasteiger partial charge in [-0.05, 0) is 25.1 Å². The molecule has 0 unspecified atom stereocenters. The predicted molar refractivity (Wildman–Crippen MR) is 85.0 cm³/mol. The van der Waals surface area contributed by atoms with E-state index in [2.05, 4.69) is 4.98 Å². The second-order valence-electron chi connectivity index (χ2n) is 4.82. The minimum absolute atomic E-state index is 0.126. The number of carbonyl (C=O) groups is 1. The van der Waals surface area contributed by atoms with Gasteiger partial charge in [-0.25, -0.2) is 4.98 Å². The average molecular weight is 330 g/mol. The lowest BCUT2D eigenvalue weighted by molar-refractivity contribution is -0.386. The minimum atomic E-state index is -0.926. The van der Waals surface area contributed by atoms with Crippen LogP contribution in [0.4, 0.5) is 5.69 Å². The molecule has 1 heterocycles. The summed E-state index contributed by atoms with van der Waals surface area (Å²) >= 11 is 1.24. The molecular formula is C15H10N2O5S. The molecular weight excluding hydrogens is 320 g/mol. The van der Waals surface area contributed by atoms with Gasteiger partial charge in [0.2, 0.25) is 5.75 Å².